The Hall–Kier alpha value is -1.33. The quantitative estimate of drug-likeness (QED) is 0.719. The lowest BCUT2D eigenvalue weighted by Crippen LogP contribution is -2.06. The summed E-state index contributed by atoms with van der Waals surface area (Å²) < 4.78 is 0. The molecular weight excluding hydrogens is 150 g/mol. The van der Waals surface area contributed by atoms with Crippen LogP contribution in [0.1, 0.15) is 18.6 Å². The number of hydrogen-bond acceptors (Lipinski definition) is 2. The molecule has 0 aliphatic rings. The van der Waals surface area contributed by atoms with E-state index in [9.17, 15) is 5.11 Å². The number of benzene rings is 1. The number of hydrogen-bond donors (Lipinski definition) is 1. The average Bonchev–Trinajstić information content (AvgIpc) is 2.17. The molecule has 2 atom stereocenters. The van der Waals surface area contributed by atoms with E-state index < -0.39 is 6.10 Å². The van der Waals surface area contributed by atoms with E-state index in [0.717, 1.165) is 5.56 Å². The first-order chi connectivity index (χ1) is 5.75. The van der Waals surface area contributed by atoms with Crippen molar-refractivity contribution in [3.8, 4) is 6.07 Å². The Kier molecular flexibility index (Phi) is 2.84. The van der Waals surface area contributed by atoms with E-state index in [1.54, 1.807) is 6.92 Å². The molecule has 0 radical (unpaired) electrons. The van der Waals surface area contributed by atoms with Crippen LogP contribution in [0.2, 0.25) is 0 Å². The maximum absolute atomic E-state index is 9.57. The lowest BCUT2D eigenvalue weighted by molar-refractivity contribution is 0.143. The zero-order valence-corrected chi connectivity index (χ0v) is 6.94. The molecule has 2 heteroatoms. The van der Waals surface area contributed by atoms with E-state index >= 15 is 0 Å². The van der Waals surface area contributed by atoms with Crippen LogP contribution in [0.4, 0.5) is 0 Å². The molecule has 0 spiro atoms. The third-order valence-corrected chi connectivity index (χ3v) is 1.82. The van der Waals surface area contributed by atoms with Crippen LogP contribution in [0.15, 0.2) is 30.3 Å². The Labute approximate surface area is 72.1 Å². The molecule has 1 aromatic rings. The van der Waals surface area contributed by atoms with E-state index in [1.165, 1.54) is 0 Å². The molecular formula is C10H11NO. The second kappa shape index (κ2) is 3.89. The smallest absolute Gasteiger partial charge is 0.0945 e. The van der Waals surface area contributed by atoms with E-state index in [2.05, 4.69) is 0 Å². The minimum atomic E-state index is -0.670. The molecule has 1 N–H and O–H groups in total. The van der Waals surface area contributed by atoms with Gasteiger partial charge >= 0.3 is 0 Å². The van der Waals surface area contributed by atoms with Crippen molar-refractivity contribution in [1.82, 2.24) is 0 Å². The van der Waals surface area contributed by atoms with Gasteiger partial charge in [0.15, 0.2) is 0 Å². The Morgan fingerprint density at radius 1 is 1.33 bits per heavy atom. The number of aliphatic hydroxyl groups excluding tert-OH is 1. The molecule has 0 aliphatic heterocycles. The first-order valence-electron chi connectivity index (χ1n) is 3.88. The summed E-state index contributed by atoms with van der Waals surface area (Å²) in [5, 5.41) is 18.1. The monoisotopic (exact) mass is 161 g/mol. The summed E-state index contributed by atoms with van der Waals surface area (Å²) in [5.74, 6) is -0.354. The lowest BCUT2D eigenvalue weighted by atomic mass is 9.99. The summed E-state index contributed by atoms with van der Waals surface area (Å²) in [5.41, 5.74) is 0.798. The van der Waals surface area contributed by atoms with Crippen LogP contribution >= 0.6 is 0 Å². The summed E-state index contributed by atoms with van der Waals surface area (Å²) in [6, 6.07) is 11.2. The second-order valence-corrected chi connectivity index (χ2v) is 2.77. The first kappa shape index (κ1) is 8.76. The highest BCUT2D eigenvalue weighted by Gasteiger charge is 2.14. The molecule has 1 aromatic carbocycles. The maximum Gasteiger partial charge on any atom is 0.0945 e. The fraction of sp³-hybridized carbons (Fsp3) is 0.300. The van der Waals surface area contributed by atoms with E-state index in [-0.39, 0.29) is 5.92 Å². The normalized spacial score (nSPS) is 14.8. The molecule has 0 saturated heterocycles. The predicted molar refractivity (Wildman–Crippen MR) is 46.2 cm³/mol. The predicted octanol–water partition coefficient (Wildman–Crippen LogP) is 1.88. The van der Waals surface area contributed by atoms with Crippen molar-refractivity contribution in [2.24, 2.45) is 5.92 Å². The molecule has 0 aromatic heterocycles. The minimum Gasteiger partial charge on any atom is -0.387 e. The van der Waals surface area contributed by atoms with Gasteiger partial charge in [-0.1, -0.05) is 30.3 Å². The summed E-state index contributed by atoms with van der Waals surface area (Å²) >= 11 is 0. The fourth-order valence-electron chi connectivity index (χ4n) is 1.01. The Bertz CT molecular complexity index is 276. The highest BCUT2D eigenvalue weighted by molar-refractivity contribution is 5.19. The minimum absolute atomic E-state index is 0.354. The molecule has 0 aliphatic carbocycles. The Morgan fingerprint density at radius 3 is 2.42 bits per heavy atom. The van der Waals surface area contributed by atoms with Crippen molar-refractivity contribution in [3.63, 3.8) is 0 Å². The molecule has 0 heterocycles. The zero-order valence-electron chi connectivity index (χ0n) is 6.94. The van der Waals surface area contributed by atoms with Crippen LogP contribution in [0.5, 0.6) is 0 Å². The summed E-state index contributed by atoms with van der Waals surface area (Å²) in [7, 11) is 0. The van der Waals surface area contributed by atoms with Crippen LogP contribution in [0.3, 0.4) is 0 Å². The molecule has 62 valence electrons. The zero-order chi connectivity index (χ0) is 8.97. The summed E-state index contributed by atoms with van der Waals surface area (Å²) in [4.78, 5) is 0. The van der Waals surface area contributed by atoms with Gasteiger partial charge in [-0.25, -0.2) is 0 Å². The lowest BCUT2D eigenvalue weighted by Gasteiger charge is -2.11. The van der Waals surface area contributed by atoms with Gasteiger partial charge in [-0.3, -0.25) is 0 Å². The van der Waals surface area contributed by atoms with Gasteiger partial charge in [0.2, 0.25) is 0 Å². The highest BCUT2D eigenvalue weighted by Crippen LogP contribution is 2.20. The maximum atomic E-state index is 9.57. The van der Waals surface area contributed by atoms with E-state index in [0.29, 0.717) is 0 Å². The van der Waals surface area contributed by atoms with Crippen molar-refractivity contribution in [2.45, 2.75) is 13.0 Å². The average molecular weight is 161 g/mol. The van der Waals surface area contributed by atoms with Gasteiger partial charge in [-0.2, -0.15) is 5.26 Å². The Balaban J connectivity index is 2.80. The van der Waals surface area contributed by atoms with E-state index in [1.807, 2.05) is 36.4 Å². The number of nitrogens with zero attached hydrogens (tertiary/aromatic N) is 1. The van der Waals surface area contributed by atoms with Crippen LogP contribution in [0, 0.1) is 17.2 Å². The van der Waals surface area contributed by atoms with Crippen molar-refractivity contribution in [1.29, 1.82) is 5.26 Å². The van der Waals surface area contributed by atoms with Crippen LogP contribution in [0.25, 0.3) is 0 Å². The third-order valence-electron chi connectivity index (χ3n) is 1.82. The van der Waals surface area contributed by atoms with Gasteiger partial charge in [0.25, 0.3) is 0 Å². The van der Waals surface area contributed by atoms with Crippen molar-refractivity contribution >= 4 is 0 Å². The van der Waals surface area contributed by atoms with E-state index in [4.69, 9.17) is 5.26 Å². The molecule has 1 rings (SSSR count). The van der Waals surface area contributed by atoms with Gasteiger partial charge in [0.1, 0.15) is 0 Å². The molecule has 0 saturated carbocycles. The fourth-order valence-corrected chi connectivity index (χ4v) is 1.01. The topological polar surface area (TPSA) is 44.0 Å². The van der Waals surface area contributed by atoms with Crippen molar-refractivity contribution in [3.05, 3.63) is 35.9 Å². The van der Waals surface area contributed by atoms with Gasteiger partial charge in [-0.05, 0) is 12.5 Å². The largest absolute Gasteiger partial charge is 0.387 e. The van der Waals surface area contributed by atoms with Crippen LogP contribution in [-0.2, 0) is 0 Å². The van der Waals surface area contributed by atoms with Gasteiger partial charge in [-0.15, -0.1) is 0 Å². The second-order valence-electron chi connectivity index (χ2n) is 2.77. The van der Waals surface area contributed by atoms with Crippen LogP contribution < -0.4 is 0 Å². The van der Waals surface area contributed by atoms with Crippen LogP contribution in [-0.4, -0.2) is 5.11 Å². The standard InChI is InChI=1S/C10H11NO/c1-8(7-11)10(12)9-5-3-2-4-6-9/h2-6,8,10,12H,1H3/t8-,10-/m1/s1. The SMILES string of the molecule is C[C@H](C#N)[C@@H](O)c1ccccc1. The number of rotatable bonds is 2. The molecule has 0 bridgehead atoms. The molecule has 12 heavy (non-hydrogen) atoms. The molecule has 0 amide bonds. The molecule has 0 fully saturated rings. The molecule has 0 unspecified atom stereocenters. The van der Waals surface area contributed by atoms with Gasteiger partial charge in [0.05, 0.1) is 18.1 Å². The van der Waals surface area contributed by atoms with Gasteiger partial charge in [0, 0.05) is 0 Å². The summed E-state index contributed by atoms with van der Waals surface area (Å²) in [6.07, 6.45) is -0.670. The van der Waals surface area contributed by atoms with Gasteiger partial charge < -0.3 is 5.11 Å². The summed E-state index contributed by atoms with van der Waals surface area (Å²) in [6.45, 7) is 1.71. The Morgan fingerprint density at radius 2 is 1.92 bits per heavy atom. The van der Waals surface area contributed by atoms with Crippen molar-refractivity contribution in [2.75, 3.05) is 0 Å². The highest BCUT2D eigenvalue weighted by atomic mass is 16.3. The number of aliphatic hydroxyl groups is 1. The van der Waals surface area contributed by atoms with Crippen molar-refractivity contribution < 1.29 is 5.11 Å². The number of nitriles is 1. The first-order valence-corrected chi connectivity index (χ1v) is 3.88. The molecule has 2 nitrogen and oxygen atoms in total. The third kappa shape index (κ3) is 1.84.